The fourth-order valence-electron chi connectivity index (χ4n) is 2.23. The molecule has 3 heteroatoms. The van der Waals surface area contributed by atoms with Crippen LogP contribution < -0.4 is 0 Å². The average Bonchev–Trinajstić information content (AvgIpc) is 2.31. The van der Waals surface area contributed by atoms with Gasteiger partial charge in [0.25, 0.3) is 0 Å². The molecule has 0 aliphatic carbocycles. The van der Waals surface area contributed by atoms with E-state index >= 15 is 0 Å². The van der Waals surface area contributed by atoms with Crippen molar-refractivity contribution < 1.29 is 9.84 Å². The van der Waals surface area contributed by atoms with Crippen molar-refractivity contribution >= 4 is 0 Å². The third-order valence-electron chi connectivity index (χ3n) is 3.00. The van der Waals surface area contributed by atoms with Crippen molar-refractivity contribution in [3.63, 3.8) is 0 Å². The van der Waals surface area contributed by atoms with Gasteiger partial charge in [-0.3, -0.25) is 4.90 Å². The Bertz CT molecular complexity index is 348. The zero-order valence-corrected chi connectivity index (χ0v) is 12.6. The highest BCUT2D eigenvalue weighted by molar-refractivity contribution is 5.22. The lowest BCUT2D eigenvalue weighted by Crippen LogP contribution is -2.31. The molecule has 1 rings (SSSR count). The summed E-state index contributed by atoms with van der Waals surface area (Å²) in [6.45, 7) is 6.33. The SMILES string of the molecule is COCC(O)CN(C)Cc1ccc(CC(C)C)cc1. The average molecular weight is 265 g/mol. The molecule has 0 heterocycles. The van der Waals surface area contributed by atoms with Crippen LogP contribution in [-0.2, 0) is 17.7 Å². The van der Waals surface area contributed by atoms with Crippen molar-refractivity contribution in [2.24, 2.45) is 5.92 Å². The summed E-state index contributed by atoms with van der Waals surface area (Å²) < 4.78 is 4.93. The minimum absolute atomic E-state index is 0.387. The first kappa shape index (κ1) is 16.2. The van der Waals surface area contributed by atoms with Crippen LogP contribution in [0.15, 0.2) is 24.3 Å². The second kappa shape index (κ2) is 8.31. The highest BCUT2D eigenvalue weighted by atomic mass is 16.5. The number of ether oxygens (including phenoxy) is 1. The Morgan fingerprint density at radius 2 is 1.74 bits per heavy atom. The molecule has 1 aromatic rings. The molecule has 0 saturated carbocycles. The molecule has 0 aromatic heterocycles. The number of hydrogen-bond acceptors (Lipinski definition) is 3. The predicted octanol–water partition coefficient (Wildman–Crippen LogP) is 2.32. The van der Waals surface area contributed by atoms with Gasteiger partial charge in [-0.2, -0.15) is 0 Å². The number of methoxy groups -OCH3 is 1. The van der Waals surface area contributed by atoms with E-state index in [1.54, 1.807) is 7.11 Å². The molecule has 0 aliphatic rings. The summed E-state index contributed by atoms with van der Waals surface area (Å²) in [6.07, 6.45) is 0.707. The van der Waals surface area contributed by atoms with Crippen LogP contribution in [-0.4, -0.2) is 43.4 Å². The summed E-state index contributed by atoms with van der Waals surface area (Å²) in [7, 11) is 3.62. The van der Waals surface area contributed by atoms with Gasteiger partial charge in [-0.15, -0.1) is 0 Å². The van der Waals surface area contributed by atoms with Crippen LogP contribution in [0.25, 0.3) is 0 Å². The lowest BCUT2D eigenvalue weighted by Gasteiger charge is -2.20. The lowest BCUT2D eigenvalue weighted by atomic mass is 10.0. The smallest absolute Gasteiger partial charge is 0.0900 e. The molecule has 1 unspecified atom stereocenters. The molecule has 3 nitrogen and oxygen atoms in total. The summed E-state index contributed by atoms with van der Waals surface area (Å²) >= 11 is 0. The van der Waals surface area contributed by atoms with Crippen molar-refractivity contribution in [1.29, 1.82) is 0 Å². The first-order valence-electron chi connectivity index (χ1n) is 6.94. The lowest BCUT2D eigenvalue weighted by molar-refractivity contribution is 0.0419. The molecular weight excluding hydrogens is 238 g/mol. The molecule has 0 bridgehead atoms. The van der Waals surface area contributed by atoms with E-state index in [-0.39, 0.29) is 0 Å². The van der Waals surface area contributed by atoms with Gasteiger partial charge >= 0.3 is 0 Å². The fourth-order valence-corrected chi connectivity index (χ4v) is 2.23. The first-order chi connectivity index (χ1) is 9.01. The molecule has 1 aromatic carbocycles. The molecule has 0 radical (unpaired) electrons. The Hall–Kier alpha value is -0.900. The number of aliphatic hydroxyl groups excluding tert-OH is 1. The largest absolute Gasteiger partial charge is 0.389 e. The minimum Gasteiger partial charge on any atom is -0.389 e. The zero-order valence-electron chi connectivity index (χ0n) is 12.6. The van der Waals surface area contributed by atoms with E-state index in [0.29, 0.717) is 19.1 Å². The van der Waals surface area contributed by atoms with Crippen LogP contribution in [0.1, 0.15) is 25.0 Å². The number of aliphatic hydroxyl groups is 1. The van der Waals surface area contributed by atoms with Crippen molar-refractivity contribution in [3.8, 4) is 0 Å². The van der Waals surface area contributed by atoms with E-state index in [1.165, 1.54) is 11.1 Å². The summed E-state index contributed by atoms with van der Waals surface area (Å²) in [5, 5.41) is 9.67. The maximum atomic E-state index is 9.67. The molecule has 1 atom stereocenters. The van der Waals surface area contributed by atoms with Crippen LogP contribution >= 0.6 is 0 Å². The summed E-state index contributed by atoms with van der Waals surface area (Å²) in [5.41, 5.74) is 2.67. The standard InChI is InChI=1S/C16H27NO2/c1-13(2)9-14-5-7-15(8-6-14)10-17(3)11-16(18)12-19-4/h5-8,13,16,18H,9-12H2,1-4H3. The topological polar surface area (TPSA) is 32.7 Å². The third kappa shape index (κ3) is 6.71. The minimum atomic E-state index is -0.421. The van der Waals surface area contributed by atoms with E-state index in [4.69, 9.17) is 4.74 Å². The van der Waals surface area contributed by atoms with E-state index < -0.39 is 6.10 Å². The Kier molecular flexibility index (Phi) is 7.06. The Balaban J connectivity index is 2.44. The molecule has 108 valence electrons. The molecule has 0 fully saturated rings. The number of benzene rings is 1. The predicted molar refractivity (Wildman–Crippen MR) is 79.2 cm³/mol. The van der Waals surface area contributed by atoms with Crippen molar-refractivity contribution in [2.75, 3.05) is 27.3 Å². The molecule has 19 heavy (non-hydrogen) atoms. The monoisotopic (exact) mass is 265 g/mol. The molecular formula is C16H27NO2. The summed E-state index contributed by atoms with van der Waals surface area (Å²) in [5.74, 6) is 0.692. The molecule has 0 aliphatic heterocycles. The highest BCUT2D eigenvalue weighted by Gasteiger charge is 2.08. The Labute approximate surface area is 117 Å². The van der Waals surface area contributed by atoms with E-state index in [0.717, 1.165) is 13.0 Å². The van der Waals surface area contributed by atoms with Crippen molar-refractivity contribution in [1.82, 2.24) is 4.90 Å². The number of hydrogen-bond donors (Lipinski definition) is 1. The molecule has 1 N–H and O–H groups in total. The Morgan fingerprint density at radius 3 is 2.26 bits per heavy atom. The van der Waals surface area contributed by atoms with Crippen molar-refractivity contribution in [3.05, 3.63) is 35.4 Å². The van der Waals surface area contributed by atoms with Crippen LogP contribution in [0.3, 0.4) is 0 Å². The third-order valence-corrected chi connectivity index (χ3v) is 3.00. The van der Waals surface area contributed by atoms with Gasteiger partial charge in [0.15, 0.2) is 0 Å². The quantitative estimate of drug-likeness (QED) is 0.783. The van der Waals surface area contributed by atoms with Gasteiger partial charge in [-0.05, 0) is 30.5 Å². The second-order valence-corrected chi connectivity index (χ2v) is 5.72. The normalized spacial score (nSPS) is 13.2. The van der Waals surface area contributed by atoms with E-state index in [2.05, 4.69) is 43.0 Å². The Morgan fingerprint density at radius 1 is 1.16 bits per heavy atom. The van der Waals surface area contributed by atoms with Crippen LogP contribution in [0.5, 0.6) is 0 Å². The summed E-state index contributed by atoms with van der Waals surface area (Å²) in [4.78, 5) is 2.11. The van der Waals surface area contributed by atoms with E-state index in [1.807, 2.05) is 7.05 Å². The fraction of sp³-hybridized carbons (Fsp3) is 0.625. The number of rotatable bonds is 8. The molecule has 0 spiro atoms. The molecule has 0 saturated heterocycles. The van der Waals surface area contributed by atoms with Gasteiger partial charge in [0.05, 0.1) is 12.7 Å². The van der Waals surface area contributed by atoms with Crippen LogP contribution in [0, 0.1) is 5.92 Å². The molecule has 0 amide bonds. The van der Waals surface area contributed by atoms with Gasteiger partial charge in [0.1, 0.15) is 0 Å². The second-order valence-electron chi connectivity index (χ2n) is 5.72. The van der Waals surface area contributed by atoms with Gasteiger partial charge in [0.2, 0.25) is 0 Å². The van der Waals surface area contributed by atoms with E-state index in [9.17, 15) is 5.11 Å². The van der Waals surface area contributed by atoms with Crippen LogP contribution in [0.4, 0.5) is 0 Å². The highest BCUT2D eigenvalue weighted by Crippen LogP contribution is 2.11. The first-order valence-corrected chi connectivity index (χ1v) is 6.94. The zero-order chi connectivity index (χ0) is 14.3. The maximum absolute atomic E-state index is 9.67. The van der Waals surface area contributed by atoms with Gasteiger partial charge in [0, 0.05) is 20.2 Å². The van der Waals surface area contributed by atoms with Crippen molar-refractivity contribution in [2.45, 2.75) is 32.9 Å². The van der Waals surface area contributed by atoms with Gasteiger partial charge in [-0.1, -0.05) is 38.1 Å². The van der Waals surface area contributed by atoms with Gasteiger partial charge < -0.3 is 9.84 Å². The summed E-state index contributed by atoms with van der Waals surface area (Å²) in [6, 6.07) is 8.76. The van der Waals surface area contributed by atoms with Crippen LogP contribution in [0.2, 0.25) is 0 Å². The maximum Gasteiger partial charge on any atom is 0.0900 e. The van der Waals surface area contributed by atoms with Gasteiger partial charge in [-0.25, -0.2) is 0 Å². The number of nitrogens with zero attached hydrogens (tertiary/aromatic N) is 1. The number of likely N-dealkylation sites (N-methyl/N-ethyl adjacent to an activating group) is 1.